The van der Waals surface area contributed by atoms with Crippen molar-refractivity contribution in [1.82, 2.24) is 10.2 Å². The predicted molar refractivity (Wildman–Crippen MR) is 146 cm³/mol. The number of hydrogen-bond donors (Lipinski definition) is 1. The van der Waals surface area contributed by atoms with Crippen LogP contribution in [0.1, 0.15) is 32.3 Å². The van der Waals surface area contributed by atoms with E-state index >= 15 is 0 Å². The van der Waals surface area contributed by atoms with Crippen LogP contribution in [0, 0.1) is 0 Å². The SMILES string of the molecule is CCCCNC(=O)[C@H](C)N(Cc1c(Cl)cccc1Cl)C(=O)CN(c1cc(OC)ccc1OC)S(C)(=O)=O. The second-order valence-electron chi connectivity index (χ2n) is 8.35. The van der Waals surface area contributed by atoms with Crippen molar-refractivity contribution in [1.29, 1.82) is 0 Å². The molecule has 0 aliphatic rings. The lowest BCUT2D eigenvalue weighted by Crippen LogP contribution is -2.51. The molecule has 0 aromatic heterocycles. The van der Waals surface area contributed by atoms with Gasteiger partial charge in [0.1, 0.15) is 24.1 Å². The first-order chi connectivity index (χ1) is 17.4. The molecule has 12 heteroatoms. The average Bonchev–Trinajstić information content (AvgIpc) is 2.85. The Morgan fingerprint density at radius 2 is 1.73 bits per heavy atom. The van der Waals surface area contributed by atoms with Gasteiger partial charge in [-0.1, -0.05) is 42.6 Å². The molecule has 0 saturated heterocycles. The van der Waals surface area contributed by atoms with Crippen molar-refractivity contribution in [3.05, 3.63) is 52.0 Å². The summed E-state index contributed by atoms with van der Waals surface area (Å²) in [7, 11) is -1.13. The predicted octanol–water partition coefficient (Wildman–Crippen LogP) is 4.11. The molecule has 0 spiro atoms. The summed E-state index contributed by atoms with van der Waals surface area (Å²) in [6.45, 7) is 3.31. The van der Waals surface area contributed by atoms with Gasteiger partial charge < -0.3 is 19.7 Å². The molecule has 0 heterocycles. The Bertz CT molecular complexity index is 1190. The molecule has 0 aliphatic heterocycles. The lowest BCUT2D eigenvalue weighted by Gasteiger charge is -2.32. The van der Waals surface area contributed by atoms with Gasteiger partial charge in [-0.15, -0.1) is 0 Å². The van der Waals surface area contributed by atoms with Crippen molar-refractivity contribution in [2.45, 2.75) is 39.3 Å². The number of hydrogen-bond acceptors (Lipinski definition) is 6. The zero-order valence-electron chi connectivity index (χ0n) is 21.6. The molecular formula is C25H33Cl2N3O6S. The molecule has 0 unspecified atom stereocenters. The molecule has 2 aromatic rings. The zero-order chi connectivity index (χ0) is 27.8. The van der Waals surface area contributed by atoms with E-state index in [0.29, 0.717) is 27.9 Å². The van der Waals surface area contributed by atoms with Crippen molar-refractivity contribution in [2.75, 3.05) is 37.9 Å². The van der Waals surface area contributed by atoms with Crippen LogP contribution in [0.25, 0.3) is 0 Å². The third kappa shape index (κ3) is 8.15. The Balaban J connectivity index is 2.50. The number of benzene rings is 2. The number of sulfonamides is 1. The van der Waals surface area contributed by atoms with Crippen LogP contribution >= 0.6 is 23.2 Å². The minimum absolute atomic E-state index is 0.105. The van der Waals surface area contributed by atoms with Gasteiger partial charge in [-0.3, -0.25) is 13.9 Å². The Hall–Kier alpha value is -2.69. The maximum Gasteiger partial charge on any atom is 0.244 e. The first-order valence-electron chi connectivity index (χ1n) is 11.6. The first-order valence-corrected chi connectivity index (χ1v) is 14.2. The molecule has 0 aliphatic carbocycles. The van der Waals surface area contributed by atoms with Crippen LogP contribution in [0.15, 0.2) is 36.4 Å². The third-order valence-corrected chi connectivity index (χ3v) is 7.56. The molecule has 0 saturated carbocycles. The maximum atomic E-state index is 13.7. The molecule has 204 valence electrons. The molecule has 0 bridgehead atoms. The standard InChI is InChI=1S/C25H33Cl2N3O6S/c1-6-7-13-28-25(32)17(2)29(15-19-20(26)9-8-10-21(19)27)24(31)16-30(37(5,33)34)22-14-18(35-3)11-12-23(22)36-4/h8-12,14,17H,6-7,13,15-16H2,1-5H3,(H,28,32)/t17-/m0/s1. The van der Waals surface area contributed by atoms with Gasteiger partial charge in [0.05, 0.1) is 26.2 Å². The van der Waals surface area contributed by atoms with Crippen molar-refractivity contribution in [3.8, 4) is 11.5 Å². The highest BCUT2D eigenvalue weighted by atomic mass is 35.5. The van der Waals surface area contributed by atoms with Crippen LogP contribution in [0.4, 0.5) is 5.69 Å². The number of rotatable bonds is 13. The highest BCUT2D eigenvalue weighted by Crippen LogP contribution is 2.34. The van der Waals surface area contributed by atoms with Gasteiger partial charge in [0, 0.05) is 34.8 Å². The number of carbonyl (C=O) groups is 2. The molecule has 37 heavy (non-hydrogen) atoms. The molecule has 2 amide bonds. The summed E-state index contributed by atoms with van der Waals surface area (Å²) in [5.74, 6) is -0.412. The highest BCUT2D eigenvalue weighted by Gasteiger charge is 2.32. The summed E-state index contributed by atoms with van der Waals surface area (Å²) in [4.78, 5) is 27.9. The number of amides is 2. The smallest absolute Gasteiger partial charge is 0.244 e. The number of anilines is 1. The van der Waals surface area contributed by atoms with Gasteiger partial charge in [-0.2, -0.15) is 0 Å². The molecule has 2 aromatic carbocycles. The van der Waals surface area contributed by atoms with Crippen LogP contribution in [0.3, 0.4) is 0 Å². The van der Waals surface area contributed by atoms with Gasteiger partial charge in [-0.25, -0.2) is 8.42 Å². The molecule has 1 N–H and O–H groups in total. The van der Waals surface area contributed by atoms with Crippen LogP contribution in [0.5, 0.6) is 11.5 Å². The fourth-order valence-electron chi connectivity index (χ4n) is 3.56. The largest absolute Gasteiger partial charge is 0.497 e. The van der Waals surface area contributed by atoms with Crippen LogP contribution in [-0.4, -0.2) is 64.7 Å². The number of nitrogens with zero attached hydrogens (tertiary/aromatic N) is 2. The van der Waals surface area contributed by atoms with E-state index in [2.05, 4.69) is 5.32 Å². The van der Waals surface area contributed by atoms with E-state index in [1.165, 1.54) is 25.2 Å². The monoisotopic (exact) mass is 573 g/mol. The van der Waals surface area contributed by atoms with Crippen molar-refractivity contribution < 1.29 is 27.5 Å². The number of carbonyl (C=O) groups excluding carboxylic acids is 2. The Kier molecular flexibility index (Phi) is 11.3. The lowest BCUT2D eigenvalue weighted by atomic mass is 10.1. The normalized spacial score (nSPS) is 12.0. The van der Waals surface area contributed by atoms with Crippen LogP contribution < -0.4 is 19.1 Å². The van der Waals surface area contributed by atoms with E-state index in [1.54, 1.807) is 37.3 Å². The summed E-state index contributed by atoms with van der Waals surface area (Å²) in [5, 5.41) is 3.45. The van der Waals surface area contributed by atoms with Gasteiger partial charge in [0.25, 0.3) is 0 Å². The highest BCUT2D eigenvalue weighted by molar-refractivity contribution is 7.92. The summed E-state index contributed by atoms with van der Waals surface area (Å²) in [5.41, 5.74) is 0.561. The van der Waals surface area contributed by atoms with E-state index < -0.39 is 28.5 Å². The van der Waals surface area contributed by atoms with E-state index in [0.717, 1.165) is 23.4 Å². The molecule has 9 nitrogen and oxygen atoms in total. The lowest BCUT2D eigenvalue weighted by molar-refractivity contribution is -0.139. The van der Waals surface area contributed by atoms with Crippen molar-refractivity contribution in [2.24, 2.45) is 0 Å². The first kappa shape index (κ1) is 30.5. The maximum absolute atomic E-state index is 13.7. The Morgan fingerprint density at radius 3 is 2.27 bits per heavy atom. The second-order valence-corrected chi connectivity index (χ2v) is 11.1. The average molecular weight is 575 g/mol. The summed E-state index contributed by atoms with van der Waals surface area (Å²) >= 11 is 12.7. The third-order valence-electron chi connectivity index (χ3n) is 5.72. The van der Waals surface area contributed by atoms with Crippen molar-refractivity contribution in [3.63, 3.8) is 0 Å². The van der Waals surface area contributed by atoms with Gasteiger partial charge in [0.15, 0.2) is 0 Å². The Morgan fingerprint density at radius 1 is 1.08 bits per heavy atom. The van der Waals surface area contributed by atoms with E-state index in [4.69, 9.17) is 32.7 Å². The minimum atomic E-state index is -3.96. The van der Waals surface area contributed by atoms with Crippen LogP contribution in [-0.2, 0) is 26.2 Å². The van der Waals surface area contributed by atoms with Gasteiger partial charge in [0.2, 0.25) is 21.8 Å². The molecular weight excluding hydrogens is 541 g/mol. The molecule has 1 atom stereocenters. The molecule has 2 rings (SSSR count). The summed E-state index contributed by atoms with van der Waals surface area (Å²) < 4.78 is 37.2. The fourth-order valence-corrected chi connectivity index (χ4v) is 4.92. The number of methoxy groups -OCH3 is 2. The van der Waals surface area contributed by atoms with Gasteiger partial charge in [-0.05, 0) is 37.6 Å². The van der Waals surface area contributed by atoms with Crippen LogP contribution in [0.2, 0.25) is 10.0 Å². The second kappa shape index (κ2) is 13.7. The number of halogens is 2. The fraction of sp³-hybridized carbons (Fsp3) is 0.440. The number of nitrogens with one attached hydrogen (secondary N) is 1. The number of unbranched alkanes of at least 4 members (excludes halogenated alkanes) is 1. The van der Waals surface area contributed by atoms with Gasteiger partial charge >= 0.3 is 0 Å². The molecule has 0 fully saturated rings. The van der Waals surface area contributed by atoms with E-state index in [9.17, 15) is 18.0 Å². The van der Waals surface area contributed by atoms with E-state index in [1.807, 2.05) is 6.92 Å². The zero-order valence-corrected chi connectivity index (χ0v) is 23.9. The molecule has 0 radical (unpaired) electrons. The van der Waals surface area contributed by atoms with Crippen molar-refractivity contribution >= 4 is 50.7 Å². The summed E-state index contributed by atoms with van der Waals surface area (Å²) in [6, 6.07) is 8.60. The number of ether oxygens (including phenoxy) is 2. The quantitative estimate of drug-likeness (QED) is 0.361. The minimum Gasteiger partial charge on any atom is -0.497 e. The topological polar surface area (TPSA) is 105 Å². The Labute approximate surface area is 228 Å². The summed E-state index contributed by atoms with van der Waals surface area (Å²) in [6.07, 6.45) is 2.65. The van der Waals surface area contributed by atoms with E-state index in [-0.39, 0.29) is 23.9 Å².